The number of aliphatic hydroxyl groups excluding tert-OH is 7. The van der Waals surface area contributed by atoms with Gasteiger partial charge in [0, 0.05) is 12.6 Å². The summed E-state index contributed by atoms with van der Waals surface area (Å²) in [6.45, 7) is -0.764. The molecule has 2 heterocycles. The van der Waals surface area contributed by atoms with Crippen molar-refractivity contribution in [1.82, 2.24) is 5.32 Å². The maximum Gasteiger partial charge on any atom is 0.394 e. The predicted octanol–water partition coefficient (Wildman–Crippen LogP) is -9.26. The van der Waals surface area contributed by atoms with Gasteiger partial charge in [0.2, 0.25) is 5.91 Å². The van der Waals surface area contributed by atoms with Gasteiger partial charge in [-0.1, -0.05) is 0 Å². The summed E-state index contributed by atoms with van der Waals surface area (Å²) in [6.07, 6.45) is -16.9. The second-order valence-corrected chi connectivity index (χ2v) is 11.2. The van der Waals surface area contributed by atoms with Crippen molar-refractivity contribution in [2.75, 3.05) is 19.7 Å². The van der Waals surface area contributed by atoms with E-state index in [1.165, 1.54) is 0 Å². The summed E-state index contributed by atoms with van der Waals surface area (Å²) in [7, 11) is -4.67. The van der Waals surface area contributed by atoms with Gasteiger partial charge in [-0.3, -0.25) is 13.9 Å². The summed E-state index contributed by atoms with van der Waals surface area (Å²) in [6, 6.07) is -3.29. The highest BCUT2D eigenvalue weighted by molar-refractivity contribution is 7.79. The third kappa shape index (κ3) is 10.6. The molecule has 1 saturated carbocycles. The van der Waals surface area contributed by atoms with Crippen LogP contribution < -0.4 is 28.3 Å². The first-order valence-electron chi connectivity index (χ1n) is 13.2. The summed E-state index contributed by atoms with van der Waals surface area (Å²) in [5, 5.41) is 74.0. The van der Waals surface area contributed by atoms with E-state index < -0.39 is 115 Å². The molecule has 44 heavy (non-hydrogen) atoms. The molecule has 0 aromatic heterocycles. The van der Waals surface area contributed by atoms with E-state index in [9.17, 15) is 40.5 Å². The lowest BCUT2D eigenvalue weighted by Gasteiger charge is -2.48. The first-order chi connectivity index (χ1) is 19.9. The summed E-state index contributed by atoms with van der Waals surface area (Å²) < 4.78 is 54.3. The van der Waals surface area contributed by atoms with Gasteiger partial charge >= 0.3 is 10.4 Å². The average Bonchev–Trinajstić information content (AvgIpc) is 3.20. The Hall–Kier alpha value is -1.30. The number of aliphatic hydroxyl groups is 7. The molecule has 0 radical (unpaired) electrons. The second-order valence-electron chi connectivity index (χ2n) is 10.3. The summed E-state index contributed by atoms with van der Waals surface area (Å²) >= 11 is 0. The van der Waals surface area contributed by atoms with Crippen LogP contribution in [0.2, 0.25) is 0 Å². The van der Waals surface area contributed by atoms with Crippen LogP contribution in [0.4, 0.5) is 0 Å². The first-order valence-corrected chi connectivity index (χ1v) is 14.6. The Bertz CT molecular complexity index is 977. The minimum absolute atomic E-state index is 0. The Balaban J connectivity index is 0.00000149. The quantitative estimate of drug-likeness (QED) is 0.0958. The Morgan fingerprint density at radius 2 is 1.41 bits per heavy atom. The molecule has 2 saturated heterocycles. The molecular formula is C21H45N5O17S. The molecule has 0 aromatic carbocycles. The van der Waals surface area contributed by atoms with Crippen LogP contribution in [0.1, 0.15) is 12.8 Å². The molecule has 2 aliphatic heterocycles. The first kappa shape index (κ1) is 40.7. The monoisotopic (exact) mass is 671 g/mol. The van der Waals surface area contributed by atoms with Crippen LogP contribution >= 0.6 is 0 Å². The smallest absolute Gasteiger partial charge is 0.394 e. The van der Waals surface area contributed by atoms with E-state index in [1.807, 2.05) is 0 Å². The van der Waals surface area contributed by atoms with Crippen molar-refractivity contribution in [3.63, 3.8) is 0 Å². The molecule has 0 aromatic rings. The number of nitrogens with one attached hydrogen (secondary N) is 1. The number of rotatable bonds is 10. The van der Waals surface area contributed by atoms with Gasteiger partial charge < -0.3 is 88.4 Å². The Morgan fingerprint density at radius 1 is 0.886 bits per heavy atom. The highest BCUT2D eigenvalue weighted by atomic mass is 32.3. The number of amides is 1. The van der Waals surface area contributed by atoms with Crippen molar-refractivity contribution in [3.05, 3.63) is 0 Å². The van der Waals surface area contributed by atoms with E-state index in [1.54, 1.807) is 0 Å². The molecule has 1 aliphatic carbocycles. The number of hydrogen-bond donors (Lipinski definition) is 14. The van der Waals surface area contributed by atoms with Crippen molar-refractivity contribution < 1.29 is 82.5 Å². The van der Waals surface area contributed by atoms with Gasteiger partial charge in [0.05, 0.1) is 18.7 Å². The van der Waals surface area contributed by atoms with Gasteiger partial charge in [-0.15, -0.1) is 0 Å². The minimum Gasteiger partial charge on any atom is -0.412 e. The standard InChI is InChI=1S/C21H41N5O12.H2O4S.H2O/c22-2-1-8(28)19(34)26-7-3-6(24)17(37-20-11(25)15(32)13(30)9(4-23)35-20)18(12(7)29)38-21-16(33)14(31)10(5-27)36-21;1-5(2,3)4;/h6-18,20-21,27-33H,1-5,22-25H2,(H,26,34);(H2,1,2,3,4);1H2/t6-,7+,8-,9+,10+,11+,12-,13+,14-,15+,16+,17+,18+,20+,21-;;/m0../s1. The third-order valence-electron chi connectivity index (χ3n) is 7.15. The lowest BCUT2D eigenvalue weighted by atomic mass is 9.83. The molecule has 3 aliphatic rings. The zero-order valence-corrected chi connectivity index (χ0v) is 24.1. The van der Waals surface area contributed by atoms with Gasteiger partial charge in [-0.2, -0.15) is 8.42 Å². The SMILES string of the molecule is NCC[C@H](O)C(=O)N[C@@H]1C[C@H](N)[C@@H](O[C@H]2O[C@H](CN)[C@@H](O)[C@H](O)[C@H]2N)[C@H](O[C@@H]2O[C@H](CO)[C@H](O)[C@H]2O)[C@H]1O.O.O=S(=O)(O)O. The molecule has 0 bridgehead atoms. The van der Waals surface area contributed by atoms with E-state index in [-0.39, 0.29) is 31.4 Å². The zero-order valence-electron chi connectivity index (χ0n) is 23.3. The molecule has 0 spiro atoms. The van der Waals surface area contributed by atoms with E-state index in [4.69, 9.17) is 59.4 Å². The molecule has 262 valence electrons. The number of hydrogen-bond acceptors (Lipinski definition) is 18. The van der Waals surface area contributed by atoms with E-state index in [0.29, 0.717) is 0 Å². The number of nitrogens with two attached hydrogens (primary N) is 4. The molecule has 22 nitrogen and oxygen atoms in total. The molecule has 3 fully saturated rings. The molecule has 15 atom stereocenters. The molecule has 0 unspecified atom stereocenters. The fourth-order valence-electron chi connectivity index (χ4n) is 4.84. The lowest BCUT2D eigenvalue weighted by Crippen LogP contribution is -2.69. The zero-order chi connectivity index (χ0) is 32.8. The lowest BCUT2D eigenvalue weighted by molar-refractivity contribution is -0.307. The van der Waals surface area contributed by atoms with Crippen LogP contribution in [-0.4, -0.2) is 176 Å². The minimum atomic E-state index is -4.67. The Kier molecular flexibility index (Phi) is 16.3. The van der Waals surface area contributed by atoms with E-state index >= 15 is 0 Å². The highest BCUT2D eigenvalue weighted by Gasteiger charge is 2.53. The van der Waals surface area contributed by atoms with Crippen LogP contribution in [0.3, 0.4) is 0 Å². The summed E-state index contributed by atoms with van der Waals surface area (Å²) in [5.74, 6) is -0.807. The number of carbonyl (C=O) groups excluding carboxylic acids is 1. The number of carbonyl (C=O) groups is 1. The fraction of sp³-hybridized carbons (Fsp3) is 0.952. The normalized spacial score (nSPS) is 41.6. The number of ether oxygens (including phenoxy) is 4. The van der Waals surface area contributed by atoms with Crippen molar-refractivity contribution >= 4 is 16.3 Å². The van der Waals surface area contributed by atoms with Crippen molar-refractivity contribution in [1.29, 1.82) is 0 Å². The van der Waals surface area contributed by atoms with Gasteiger partial charge in [0.25, 0.3) is 0 Å². The van der Waals surface area contributed by atoms with Crippen molar-refractivity contribution in [2.45, 2.75) is 105 Å². The van der Waals surface area contributed by atoms with E-state index in [2.05, 4.69) is 5.32 Å². The van der Waals surface area contributed by atoms with Crippen LogP contribution in [0.25, 0.3) is 0 Å². The highest BCUT2D eigenvalue weighted by Crippen LogP contribution is 2.32. The molecule has 23 heteroatoms. The maximum atomic E-state index is 12.4. The second kappa shape index (κ2) is 17.6. The van der Waals surface area contributed by atoms with Crippen molar-refractivity contribution in [3.8, 4) is 0 Å². The third-order valence-corrected chi connectivity index (χ3v) is 7.15. The van der Waals surface area contributed by atoms with Gasteiger partial charge in [-0.05, 0) is 19.4 Å². The summed E-state index contributed by atoms with van der Waals surface area (Å²) in [4.78, 5) is 12.4. The molecule has 20 N–H and O–H groups in total. The van der Waals surface area contributed by atoms with Gasteiger partial charge in [-0.25, -0.2) is 0 Å². The molecular weight excluding hydrogens is 626 g/mol. The Morgan fingerprint density at radius 3 is 1.91 bits per heavy atom. The van der Waals surface area contributed by atoms with E-state index in [0.717, 1.165) is 0 Å². The van der Waals surface area contributed by atoms with Crippen LogP contribution in [-0.2, 0) is 34.1 Å². The molecule has 3 rings (SSSR count). The largest absolute Gasteiger partial charge is 0.412 e. The average molecular weight is 672 g/mol. The van der Waals surface area contributed by atoms with Crippen LogP contribution in [0, 0.1) is 0 Å². The summed E-state index contributed by atoms with van der Waals surface area (Å²) in [5.41, 5.74) is 23.3. The maximum absolute atomic E-state index is 12.4. The fourth-order valence-corrected chi connectivity index (χ4v) is 4.84. The van der Waals surface area contributed by atoms with Gasteiger partial charge in [0.1, 0.15) is 61.0 Å². The molecule has 1 amide bonds. The topological polar surface area (TPSA) is 418 Å². The van der Waals surface area contributed by atoms with Crippen LogP contribution in [0.5, 0.6) is 0 Å². The van der Waals surface area contributed by atoms with Gasteiger partial charge in [0.15, 0.2) is 12.6 Å². The predicted molar refractivity (Wildman–Crippen MR) is 143 cm³/mol. The Labute approximate surface area is 251 Å². The van der Waals surface area contributed by atoms with Crippen LogP contribution in [0.15, 0.2) is 0 Å². The van der Waals surface area contributed by atoms with Crippen molar-refractivity contribution in [2.24, 2.45) is 22.9 Å².